The summed E-state index contributed by atoms with van der Waals surface area (Å²) in [6.45, 7) is 4.25. The Labute approximate surface area is 102 Å². The van der Waals surface area contributed by atoms with Gasteiger partial charge in [0.15, 0.2) is 0 Å². The normalized spacial score (nSPS) is 24.5. The first kappa shape index (κ1) is 14.0. The molecule has 1 fully saturated rings. The average molecular weight is 243 g/mol. The van der Waals surface area contributed by atoms with Gasteiger partial charge in [-0.05, 0) is 32.1 Å². The van der Waals surface area contributed by atoms with Crippen molar-refractivity contribution in [1.82, 2.24) is 4.90 Å². The van der Waals surface area contributed by atoms with E-state index in [-0.39, 0.29) is 18.5 Å². The van der Waals surface area contributed by atoms with Crippen molar-refractivity contribution in [2.45, 2.75) is 39.2 Å². The van der Waals surface area contributed by atoms with Gasteiger partial charge < -0.3 is 14.7 Å². The van der Waals surface area contributed by atoms with Crippen LogP contribution in [0.2, 0.25) is 0 Å². The average Bonchev–Trinajstić information content (AvgIpc) is 2.29. The molecule has 0 aliphatic carbocycles. The van der Waals surface area contributed by atoms with Gasteiger partial charge in [-0.2, -0.15) is 0 Å². The second kappa shape index (κ2) is 6.59. The fourth-order valence-electron chi connectivity index (χ4n) is 2.32. The third-order valence-electron chi connectivity index (χ3n) is 3.21. The zero-order valence-electron chi connectivity index (χ0n) is 10.5. The zero-order valence-corrected chi connectivity index (χ0v) is 10.5. The van der Waals surface area contributed by atoms with Crippen LogP contribution >= 0.6 is 0 Å². The van der Waals surface area contributed by atoms with Crippen LogP contribution in [0.15, 0.2) is 0 Å². The van der Waals surface area contributed by atoms with Crippen LogP contribution in [0.4, 0.5) is 0 Å². The molecular formula is C12H21NO4. The molecule has 1 amide bonds. The lowest BCUT2D eigenvalue weighted by molar-refractivity contribution is -0.157. The first-order valence-electron chi connectivity index (χ1n) is 6.14. The molecule has 17 heavy (non-hydrogen) atoms. The zero-order chi connectivity index (χ0) is 12.8. The molecule has 1 aliphatic heterocycles. The van der Waals surface area contributed by atoms with Crippen molar-refractivity contribution in [3.63, 3.8) is 0 Å². The van der Waals surface area contributed by atoms with E-state index in [0.717, 1.165) is 6.42 Å². The van der Waals surface area contributed by atoms with Gasteiger partial charge >= 0.3 is 5.97 Å². The van der Waals surface area contributed by atoms with E-state index < -0.39 is 6.04 Å². The monoisotopic (exact) mass is 243 g/mol. The summed E-state index contributed by atoms with van der Waals surface area (Å²) < 4.78 is 4.99. The van der Waals surface area contributed by atoms with Crippen LogP contribution in [0.5, 0.6) is 0 Å². The van der Waals surface area contributed by atoms with Crippen molar-refractivity contribution in [1.29, 1.82) is 0 Å². The van der Waals surface area contributed by atoms with E-state index in [0.29, 0.717) is 31.9 Å². The van der Waals surface area contributed by atoms with Crippen LogP contribution in [0.25, 0.3) is 0 Å². The van der Waals surface area contributed by atoms with Crippen molar-refractivity contribution < 1.29 is 19.4 Å². The predicted molar refractivity (Wildman–Crippen MR) is 62.2 cm³/mol. The summed E-state index contributed by atoms with van der Waals surface area (Å²) in [6, 6.07) is -0.474. The van der Waals surface area contributed by atoms with Gasteiger partial charge in [-0.15, -0.1) is 0 Å². The third-order valence-corrected chi connectivity index (χ3v) is 3.21. The number of nitrogens with zero attached hydrogens (tertiary/aromatic N) is 1. The molecule has 0 spiro atoms. The molecular weight excluding hydrogens is 222 g/mol. The number of hydrogen-bond acceptors (Lipinski definition) is 4. The van der Waals surface area contributed by atoms with Gasteiger partial charge in [-0.3, -0.25) is 4.79 Å². The van der Waals surface area contributed by atoms with Gasteiger partial charge in [0.25, 0.3) is 0 Å². The van der Waals surface area contributed by atoms with E-state index in [1.54, 1.807) is 11.8 Å². The highest BCUT2D eigenvalue weighted by molar-refractivity contribution is 5.83. The Bertz CT molecular complexity index is 280. The molecule has 5 nitrogen and oxygen atoms in total. The number of likely N-dealkylation sites (tertiary alicyclic amines) is 1. The largest absolute Gasteiger partial charge is 0.464 e. The smallest absolute Gasteiger partial charge is 0.328 e. The fraction of sp³-hybridized carbons (Fsp3) is 0.833. The molecule has 0 aromatic rings. The van der Waals surface area contributed by atoms with E-state index in [1.165, 1.54) is 6.92 Å². The maximum Gasteiger partial charge on any atom is 0.328 e. The van der Waals surface area contributed by atoms with E-state index in [9.17, 15) is 9.59 Å². The van der Waals surface area contributed by atoms with Crippen LogP contribution in [0, 0.1) is 5.92 Å². The minimum atomic E-state index is -0.474. The Morgan fingerprint density at radius 3 is 2.71 bits per heavy atom. The second-order valence-electron chi connectivity index (χ2n) is 4.38. The van der Waals surface area contributed by atoms with Gasteiger partial charge in [-0.1, -0.05) is 0 Å². The number of hydrogen-bond donors (Lipinski definition) is 1. The quantitative estimate of drug-likeness (QED) is 0.733. The van der Waals surface area contributed by atoms with Crippen molar-refractivity contribution in [2.24, 2.45) is 5.92 Å². The Morgan fingerprint density at radius 2 is 2.18 bits per heavy atom. The van der Waals surface area contributed by atoms with E-state index >= 15 is 0 Å². The summed E-state index contributed by atoms with van der Waals surface area (Å²) in [4.78, 5) is 24.8. The predicted octanol–water partition coefficient (Wildman–Crippen LogP) is 0.559. The number of ether oxygens (including phenoxy) is 1. The second-order valence-corrected chi connectivity index (χ2v) is 4.38. The molecule has 1 rings (SSSR count). The Morgan fingerprint density at radius 1 is 1.47 bits per heavy atom. The summed E-state index contributed by atoms with van der Waals surface area (Å²) >= 11 is 0. The lowest BCUT2D eigenvalue weighted by atomic mass is 9.88. The molecule has 0 radical (unpaired) electrons. The summed E-state index contributed by atoms with van der Waals surface area (Å²) in [5, 5.41) is 8.93. The maximum atomic E-state index is 11.8. The molecule has 1 N–H and O–H groups in total. The standard InChI is InChI=1S/C12H21NO4/c1-3-17-12(16)11-8-10(5-7-14)4-6-13(11)9(2)15/h10-11,14H,3-8H2,1-2H3. The molecule has 1 aliphatic rings. The molecule has 98 valence electrons. The molecule has 2 atom stereocenters. The number of aliphatic hydroxyl groups excluding tert-OH is 1. The van der Waals surface area contributed by atoms with Gasteiger partial charge in [-0.25, -0.2) is 4.79 Å². The van der Waals surface area contributed by atoms with Crippen LogP contribution < -0.4 is 0 Å². The number of amides is 1. The first-order chi connectivity index (χ1) is 8.10. The molecule has 1 heterocycles. The molecule has 1 saturated heterocycles. The van der Waals surface area contributed by atoms with Gasteiger partial charge in [0, 0.05) is 20.1 Å². The highest BCUT2D eigenvalue weighted by atomic mass is 16.5. The summed E-state index contributed by atoms with van der Waals surface area (Å²) in [5.41, 5.74) is 0. The van der Waals surface area contributed by atoms with Crippen LogP contribution in [-0.4, -0.2) is 47.7 Å². The fourth-order valence-corrected chi connectivity index (χ4v) is 2.32. The lowest BCUT2D eigenvalue weighted by Gasteiger charge is -2.37. The number of carbonyl (C=O) groups excluding carboxylic acids is 2. The van der Waals surface area contributed by atoms with Crippen LogP contribution in [0.1, 0.15) is 33.1 Å². The maximum absolute atomic E-state index is 11.8. The molecule has 0 aromatic heterocycles. The number of carbonyl (C=O) groups is 2. The number of esters is 1. The molecule has 0 bridgehead atoms. The van der Waals surface area contributed by atoms with Gasteiger partial charge in [0.2, 0.25) is 5.91 Å². The third kappa shape index (κ3) is 3.70. The van der Waals surface area contributed by atoms with Crippen LogP contribution in [0.3, 0.4) is 0 Å². The number of aliphatic hydroxyl groups is 1. The Kier molecular flexibility index (Phi) is 5.41. The van der Waals surface area contributed by atoms with E-state index in [1.807, 2.05) is 0 Å². The summed E-state index contributed by atoms with van der Waals surface area (Å²) in [6.07, 6.45) is 2.12. The van der Waals surface area contributed by atoms with E-state index in [4.69, 9.17) is 9.84 Å². The SMILES string of the molecule is CCOC(=O)C1CC(CCO)CCN1C(C)=O. The molecule has 2 unspecified atom stereocenters. The number of piperidine rings is 1. The highest BCUT2D eigenvalue weighted by Crippen LogP contribution is 2.26. The summed E-state index contributed by atoms with van der Waals surface area (Å²) in [7, 11) is 0. The van der Waals surface area contributed by atoms with Crippen molar-refractivity contribution in [3.05, 3.63) is 0 Å². The minimum Gasteiger partial charge on any atom is -0.464 e. The molecule has 0 aromatic carbocycles. The first-order valence-corrected chi connectivity index (χ1v) is 6.14. The van der Waals surface area contributed by atoms with Crippen molar-refractivity contribution in [3.8, 4) is 0 Å². The molecule has 5 heteroatoms. The topological polar surface area (TPSA) is 66.8 Å². The lowest BCUT2D eigenvalue weighted by Crippen LogP contribution is -2.50. The Balaban J connectivity index is 2.68. The number of rotatable bonds is 4. The Hall–Kier alpha value is -1.10. The molecule has 0 saturated carbocycles. The van der Waals surface area contributed by atoms with Crippen molar-refractivity contribution >= 4 is 11.9 Å². The van der Waals surface area contributed by atoms with Gasteiger partial charge in [0.1, 0.15) is 6.04 Å². The minimum absolute atomic E-state index is 0.0921. The van der Waals surface area contributed by atoms with Crippen molar-refractivity contribution in [2.75, 3.05) is 19.8 Å². The van der Waals surface area contributed by atoms with E-state index in [2.05, 4.69) is 0 Å². The van der Waals surface area contributed by atoms with Crippen LogP contribution in [-0.2, 0) is 14.3 Å². The highest BCUT2D eigenvalue weighted by Gasteiger charge is 2.35. The summed E-state index contributed by atoms with van der Waals surface area (Å²) in [5.74, 6) is -0.124. The van der Waals surface area contributed by atoms with Gasteiger partial charge in [0.05, 0.1) is 6.61 Å².